The Bertz CT molecular complexity index is 311. The Kier molecular flexibility index (Phi) is 7.07. The summed E-state index contributed by atoms with van der Waals surface area (Å²) in [6, 6.07) is 10.3. The number of rotatable bonds is 8. The minimum absolute atomic E-state index is 0.0874. The molecule has 0 radical (unpaired) electrons. The number of ether oxygens (including phenoxy) is 1. The van der Waals surface area contributed by atoms with Gasteiger partial charge in [-0.15, -0.1) is 0 Å². The third kappa shape index (κ3) is 6.74. The number of hydrogen-bond acceptors (Lipinski definition) is 3. The third-order valence-corrected chi connectivity index (χ3v) is 2.39. The highest BCUT2D eigenvalue weighted by molar-refractivity contribution is 5.69. The van der Waals surface area contributed by atoms with E-state index in [1.54, 1.807) is 0 Å². The van der Waals surface area contributed by atoms with Gasteiger partial charge in [-0.05, 0) is 24.9 Å². The van der Waals surface area contributed by atoms with Crippen LogP contribution in [0, 0.1) is 0 Å². The Balaban J connectivity index is 1.96. The molecule has 0 spiro atoms. The largest absolute Gasteiger partial charge is 0.466 e. The topological polar surface area (TPSA) is 38.3 Å². The summed E-state index contributed by atoms with van der Waals surface area (Å²) in [4.78, 5) is 11.1. The minimum Gasteiger partial charge on any atom is -0.466 e. The summed E-state index contributed by atoms with van der Waals surface area (Å²) < 4.78 is 5.06. The molecule has 0 aliphatic heterocycles. The van der Waals surface area contributed by atoms with E-state index in [1.807, 2.05) is 25.1 Å². The van der Waals surface area contributed by atoms with Crippen LogP contribution in [0.4, 0.5) is 0 Å². The number of hydrogen-bond donors (Lipinski definition) is 1. The number of carbonyl (C=O) groups is 1. The summed E-state index contributed by atoms with van der Waals surface area (Å²) >= 11 is 0. The molecule has 94 valence electrons. The van der Waals surface area contributed by atoms with Crippen molar-refractivity contribution < 1.29 is 9.53 Å². The van der Waals surface area contributed by atoms with Crippen molar-refractivity contribution in [2.45, 2.75) is 32.7 Å². The fourth-order valence-corrected chi connectivity index (χ4v) is 1.49. The zero-order valence-electron chi connectivity index (χ0n) is 10.4. The Morgan fingerprint density at radius 3 is 2.76 bits per heavy atom. The molecule has 0 heterocycles. The lowest BCUT2D eigenvalue weighted by Gasteiger charge is -2.06. The predicted octanol–water partition coefficient (Wildman–Crippen LogP) is 2.51. The van der Waals surface area contributed by atoms with Crippen LogP contribution in [0.25, 0.3) is 0 Å². The van der Waals surface area contributed by atoms with Gasteiger partial charge in [0.15, 0.2) is 0 Å². The summed E-state index contributed by atoms with van der Waals surface area (Å²) in [7, 11) is 0. The summed E-state index contributed by atoms with van der Waals surface area (Å²) in [5.41, 5.74) is 1.27. The maximum Gasteiger partial charge on any atom is 0.305 e. The molecule has 0 fully saturated rings. The smallest absolute Gasteiger partial charge is 0.305 e. The minimum atomic E-state index is -0.0874. The second kappa shape index (κ2) is 8.76. The van der Waals surface area contributed by atoms with E-state index in [2.05, 4.69) is 17.4 Å². The van der Waals surface area contributed by atoms with Crippen LogP contribution in [0.3, 0.4) is 0 Å². The van der Waals surface area contributed by atoms with Crippen molar-refractivity contribution >= 4 is 5.97 Å². The van der Waals surface area contributed by atoms with Crippen molar-refractivity contribution in [3.05, 3.63) is 35.9 Å². The van der Waals surface area contributed by atoms with Gasteiger partial charge in [-0.2, -0.15) is 0 Å². The Labute approximate surface area is 103 Å². The molecule has 0 aliphatic carbocycles. The number of benzene rings is 1. The maximum absolute atomic E-state index is 11.1. The highest BCUT2D eigenvalue weighted by Gasteiger charge is 1.99. The molecule has 1 N–H and O–H groups in total. The molecular formula is C14H21NO2. The molecule has 0 unspecified atom stereocenters. The summed E-state index contributed by atoms with van der Waals surface area (Å²) in [6.45, 7) is 4.22. The van der Waals surface area contributed by atoms with Gasteiger partial charge in [-0.1, -0.05) is 37.3 Å². The van der Waals surface area contributed by atoms with Crippen molar-refractivity contribution in [3.8, 4) is 0 Å². The number of esters is 1. The predicted molar refractivity (Wildman–Crippen MR) is 68.6 cm³/mol. The van der Waals surface area contributed by atoms with Gasteiger partial charge in [0.25, 0.3) is 0 Å². The highest BCUT2D eigenvalue weighted by atomic mass is 16.5. The molecule has 0 atom stereocenters. The quantitative estimate of drug-likeness (QED) is 0.556. The van der Waals surface area contributed by atoms with Crippen molar-refractivity contribution in [1.82, 2.24) is 5.32 Å². The molecule has 0 aliphatic rings. The second-order valence-electron chi connectivity index (χ2n) is 3.99. The molecule has 1 aromatic rings. The van der Waals surface area contributed by atoms with Crippen LogP contribution >= 0.6 is 0 Å². The van der Waals surface area contributed by atoms with Crippen molar-refractivity contribution in [2.75, 3.05) is 13.2 Å². The molecule has 17 heavy (non-hydrogen) atoms. The molecular weight excluding hydrogens is 214 g/mol. The summed E-state index contributed by atoms with van der Waals surface area (Å²) in [5.74, 6) is -0.0874. The van der Waals surface area contributed by atoms with E-state index in [4.69, 9.17) is 4.74 Å². The lowest BCUT2D eigenvalue weighted by Crippen LogP contribution is -2.17. The Morgan fingerprint density at radius 2 is 2.06 bits per heavy atom. The van der Waals surface area contributed by atoms with E-state index in [1.165, 1.54) is 5.56 Å². The van der Waals surface area contributed by atoms with Gasteiger partial charge in [0, 0.05) is 13.0 Å². The first-order valence-corrected chi connectivity index (χ1v) is 6.23. The van der Waals surface area contributed by atoms with Gasteiger partial charge < -0.3 is 10.1 Å². The van der Waals surface area contributed by atoms with Crippen LogP contribution in [0.5, 0.6) is 0 Å². The lowest BCUT2D eigenvalue weighted by molar-refractivity contribution is -0.143. The molecule has 0 amide bonds. The zero-order chi connectivity index (χ0) is 12.3. The first-order chi connectivity index (χ1) is 8.33. The first-order valence-electron chi connectivity index (χ1n) is 6.23. The van der Waals surface area contributed by atoms with E-state index in [0.717, 1.165) is 25.9 Å². The molecule has 0 bridgehead atoms. The standard InChI is InChI=1S/C14H21NO2/c1-2-7-14(16)17-11-6-10-15-12-13-8-4-3-5-9-13/h3-5,8-9,15H,2,6-7,10-12H2,1H3. The van der Waals surface area contributed by atoms with Crippen LogP contribution < -0.4 is 5.32 Å². The van der Waals surface area contributed by atoms with Crippen molar-refractivity contribution in [2.24, 2.45) is 0 Å². The fourth-order valence-electron chi connectivity index (χ4n) is 1.49. The van der Waals surface area contributed by atoms with Gasteiger partial charge >= 0.3 is 5.97 Å². The molecule has 1 rings (SSSR count). The van der Waals surface area contributed by atoms with Gasteiger partial charge in [-0.3, -0.25) is 4.79 Å². The average Bonchev–Trinajstić information content (AvgIpc) is 2.35. The SMILES string of the molecule is CCCC(=O)OCCCNCc1ccccc1. The van der Waals surface area contributed by atoms with Gasteiger partial charge in [0.1, 0.15) is 0 Å². The molecule has 3 heteroatoms. The monoisotopic (exact) mass is 235 g/mol. The summed E-state index contributed by atoms with van der Waals surface area (Å²) in [6.07, 6.45) is 2.24. The number of carbonyl (C=O) groups excluding carboxylic acids is 1. The normalized spacial score (nSPS) is 10.2. The molecule has 3 nitrogen and oxygen atoms in total. The van der Waals surface area contributed by atoms with E-state index >= 15 is 0 Å². The zero-order valence-corrected chi connectivity index (χ0v) is 10.4. The number of nitrogens with one attached hydrogen (secondary N) is 1. The van der Waals surface area contributed by atoms with Gasteiger partial charge in [0.05, 0.1) is 6.61 Å². The van der Waals surface area contributed by atoms with Gasteiger partial charge in [0.2, 0.25) is 0 Å². The maximum atomic E-state index is 11.1. The van der Waals surface area contributed by atoms with E-state index < -0.39 is 0 Å². The summed E-state index contributed by atoms with van der Waals surface area (Å²) in [5, 5.41) is 3.32. The fraction of sp³-hybridized carbons (Fsp3) is 0.500. The first kappa shape index (κ1) is 13.7. The third-order valence-electron chi connectivity index (χ3n) is 2.39. The van der Waals surface area contributed by atoms with Gasteiger partial charge in [-0.25, -0.2) is 0 Å². The van der Waals surface area contributed by atoms with E-state index in [-0.39, 0.29) is 5.97 Å². The van der Waals surface area contributed by atoms with E-state index in [9.17, 15) is 4.79 Å². The average molecular weight is 235 g/mol. The highest BCUT2D eigenvalue weighted by Crippen LogP contribution is 1.97. The Hall–Kier alpha value is -1.35. The van der Waals surface area contributed by atoms with Crippen molar-refractivity contribution in [3.63, 3.8) is 0 Å². The van der Waals surface area contributed by atoms with E-state index in [0.29, 0.717) is 13.0 Å². The molecule has 0 saturated carbocycles. The lowest BCUT2D eigenvalue weighted by atomic mass is 10.2. The molecule has 1 aromatic carbocycles. The van der Waals surface area contributed by atoms with Crippen LogP contribution in [-0.4, -0.2) is 19.1 Å². The Morgan fingerprint density at radius 1 is 1.29 bits per heavy atom. The van der Waals surface area contributed by atoms with Crippen LogP contribution in [0.15, 0.2) is 30.3 Å². The van der Waals surface area contributed by atoms with Crippen LogP contribution in [-0.2, 0) is 16.1 Å². The van der Waals surface area contributed by atoms with Crippen molar-refractivity contribution in [1.29, 1.82) is 0 Å². The van der Waals surface area contributed by atoms with Crippen LogP contribution in [0.1, 0.15) is 31.7 Å². The van der Waals surface area contributed by atoms with Crippen LogP contribution in [0.2, 0.25) is 0 Å². The molecule has 0 aromatic heterocycles. The second-order valence-corrected chi connectivity index (χ2v) is 3.99. The molecule has 0 saturated heterocycles.